The van der Waals surface area contributed by atoms with Gasteiger partial charge >= 0.3 is 0 Å². The molecule has 0 atom stereocenters. The normalized spacial score (nSPS) is 10.8. The fourth-order valence-corrected chi connectivity index (χ4v) is 4.15. The Kier molecular flexibility index (Phi) is 10.2. The van der Waals surface area contributed by atoms with Gasteiger partial charge in [-0.05, 0) is 66.0 Å². The third-order valence-electron chi connectivity index (χ3n) is 4.49. The largest absolute Gasteiger partial charge is 0.371 e. The van der Waals surface area contributed by atoms with Crippen LogP contribution in [0.5, 0.6) is 0 Å². The maximum Gasteiger partial charge on any atom is 0.178 e. The van der Waals surface area contributed by atoms with Gasteiger partial charge in [-0.15, -0.1) is 12.3 Å². The minimum Gasteiger partial charge on any atom is -0.371 e. The van der Waals surface area contributed by atoms with Gasteiger partial charge in [0.1, 0.15) is 0 Å². The first-order valence-electron chi connectivity index (χ1n) is 10.0. The number of hydrogen-bond acceptors (Lipinski definition) is 7. The van der Waals surface area contributed by atoms with E-state index in [1.54, 1.807) is 24.3 Å². The van der Waals surface area contributed by atoms with Crippen LogP contribution in [0.1, 0.15) is 12.8 Å². The molecule has 2 aromatic carbocycles. The lowest BCUT2D eigenvalue weighted by Crippen LogP contribution is -2.28. The summed E-state index contributed by atoms with van der Waals surface area (Å²) in [5.74, 6) is 2.44. The van der Waals surface area contributed by atoms with Crippen molar-refractivity contribution in [1.29, 1.82) is 0 Å². The zero-order chi connectivity index (χ0) is 23.9. The number of benzene rings is 2. The van der Waals surface area contributed by atoms with Crippen molar-refractivity contribution in [2.45, 2.75) is 17.7 Å². The van der Waals surface area contributed by atoms with Gasteiger partial charge in [-0.3, -0.25) is 0 Å². The van der Waals surface area contributed by atoms with Crippen molar-refractivity contribution in [3.8, 4) is 12.3 Å². The Balaban J connectivity index is 2.05. The van der Waals surface area contributed by atoms with Crippen LogP contribution in [0, 0.1) is 12.3 Å². The van der Waals surface area contributed by atoms with E-state index < -0.39 is 9.84 Å². The second-order valence-electron chi connectivity index (χ2n) is 6.73. The highest BCUT2D eigenvalue weighted by molar-refractivity contribution is 7.91. The average Bonchev–Trinajstić information content (AvgIpc) is 2.83. The molecule has 0 aliphatic carbocycles. The van der Waals surface area contributed by atoms with Crippen molar-refractivity contribution >= 4 is 26.9 Å². The van der Waals surface area contributed by atoms with E-state index in [9.17, 15) is 8.42 Å². The van der Waals surface area contributed by atoms with E-state index in [1.807, 2.05) is 17.0 Å². The summed E-state index contributed by atoms with van der Waals surface area (Å²) in [6, 6.07) is 13.4. The van der Waals surface area contributed by atoms with Crippen LogP contribution in [-0.4, -0.2) is 40.3 Å². The maximum absolute atomic E-state index is 12.3. The van der Waals surface area contributed by atoms with Crippen molar-refractivity contribution in [3.05, 3.63) is 69.4 Å². The Morgan fingerprint density at radius 2 is 1.39 bits per heavy atom. The highest BCUT2D eigenvalue weighted by Crippen LogP contribution is 2.23. The molecule has 170 valence electrons. The van der Waals surface area contributed by atoms with Gasteiger partial charge in [0, 0.05) is 48.1 Å². The first kappa shape index (κ1) is 25.2. The molecule has 0 amide bonds. The first-order valence-corrected chi connectivity index (χ1v) is 11.7. The minimum absolute atomic E-state index is 0.00710. The smallest absolute Gasteiger partial charge is 0.178 e. The predicted octanol–water partition coefficient (Wildman–Crippen LogP) is 5.72. The number of hydrogen-bond donors (Lipinski definition) is 0. The molecule has 0 spiro atoms. The molecule has 0 aliphatic heterocycles. The van der Waals surface area contributed by atoms with Crippen LogP contribution in [0.25, 0.3) is 20.9 Å². The maximum atomic E-state index is 12.3. The Morgan fingerprint density at radius 3 is 1.88 bits per heavy atom. The third-order valence-corrected chi connectivity index (χ3v) is 6.31. The fourth-order valence-electron chi connectivity index (χ4n) is 2.84. The molecule has 2 aromatic rings. The third kappa shape index (κ3) is 8.55. The molecule has 0 heterocycles. The second-order valence-corrected chi connectivity index (χ2v) is 8.84. The van der Waals surface area contributed by atoms with Gasteiger partial charge in [-0.2, -0.15) is 10.2 Å². The number of unbranched alkanes of at least 4 members (excludes halogenated alkanes) is 1. The summed E-state index contributed by atoms with van der Waals surface area (Å²) in [6.45, 7) is 1.52. The van der Waals surface area contributed by atoms with Crippen LogP contribution < -0.4 is 4.90 Å². The zero-order valence-corrected chi connectivity index (χ0v) is 18.7. The Morgan fingerprint density at radius 1 is 0.879 bits per heavy atom. The van der Waals surface area contributed by atoms with Crippen molar-refractivity contribution in [2.24, 2.45) is 20.5 Å². The Hall–Kier alpha value is -4.03. The molecule has 12 heteroatoms. The van der Waals surface area contributed by atoms with Crippen molar-refractivity contribution in [1.82, 2.24) is 0 Å². The SMILES string of the molecule is C#CCCCS(=O)(=O)c1ccc(N=Nc2ccc(N(CCN=[N+]=[N-])CCN=[N+]=[N-])cc2)cc1. The van der Waals surface area contributed by atoms with Gasteiger partial charge in [0.05, 0.1) is 22.0 Å². The Bertz CT molecular complexity index is 1150. The number of rotatable bonds is 13. The lowest BCUT2D eigenvalue weighted by molar-refractivity contribution is 0.594. The standard InChI is InChI=1S/C21H23N9O2S/c1-2-3-4-17-33(31,32)21-11-7-19(8-12-21)27-26-18-5-9-20(10-6-18)30(15-13-24-28-22)16-14-25-29-23/h1,5-12H,3-4,13-17H2. The first-order chi connectivity index (χ1) is 16.0. The van der Waals surface area contributed by atoms with Crippen LogP contribution >= 0.6 is 0 Å². The topological polar surface area (TPSA) is 160 Å². The molecule has 33 heavy (non-hydrogen) atoms. The van der Waals surface area contributed by atoms with E-state index in [0.717, 1.165) is 5.69 Å². The highest BCUT2D eigenvalue weighted by Gasteiger charge is 2.13. The summed E-state index contributed by atoms with van der Waals surface area (Å²) in [5.41, 5.74) is 18.9. The van der Waals surface area contributed by atoms with Gasteiger partial charge in [0.25, 0.3) is 0 Å². The zero-order valence-electron chi connectivity index (χ0n) is 17.9. The quantitative estimate of drug-likeness (QED) is 0.122. The summed E-state index contributed by atoms with van der Waals surface area (Å²) in [4.78, 5) is 7.66. The lowest BCUT2D eigenvalue weighted by atomic mass is 10.2. The molecule has 0 N–H and O–H groups in total. The van der Waals surface area contributed by atoms with E-state index in [0.29, 0.717) is 37.3 Å². The lowest BCUT2D eigenvalue weighted by Gasteiger charge is -2.23. The number of azo groups is 1. The molecule has 0 radical (unpaired) electrons. The molecule has 11 nitrogen and oxygen atoms in total. The Labute approximate surface area is 192 Å². The summed E-state index contributed by atoms with van der Waals surface area (Å²) in [6.07, 6.45) is 6.01. The second kappa shape index (κ2) is 13.4. The molecule has 0 aliphatic rings. The van der Waals surface area contributed by atoms with E-state index in [2.05, 4.69) is 36.2 Å². The van der Waals surface area contributed by atoms with Crippen LogP contribution in [0.3, 0.4) is 0 Å². The monoisotopic (exact) mass is 465 g/mol. The van der Waals surface area contributed by atoms with Crippen LogP contribution in [-0.2, 0) is 9.84 Å². The number of nitrogens with zero attached hydrogens (tertiary/aromatic N) is 9. The summed E-state index contributed by atoms with van der Waals surface area (Å²) >= 11 is 0. The van der Waals surface area contributed by atoms with E-state index >= 15 is 0 Å². The van der Waals surface area contributed by atoms with Crippen LogP contribution in [0.4, 0.5) is 17.1 Å². The molecular weight excluding hydrogens is 442 g/mol. The van der Waals surface area contributed by atoms with Gasteiger partial charge in [0.2, 0.25) is 0 Å². The molecular formula is C21H23N9O2S. The van der Waals surface area contributed by atoms with Gasteiger partial charge in [-0.1, -0.05) is 10.2 Å². The summed E-state index contributed by atoms with van der Waals surface area (Å²) in [5, 5.41) is 15.4. The minimum atomic E-state index is -3.37. The summed E-state index contributed by atoms with van der Waals surface area (Å²) in [7, 11) is -3.37. The molecule has 0 aromatic heterocycles. The summed E-state index contributed by atoms with van der Waals surface area (Å²) < 4.78 is 24.6. The van der Waals surface area contributed by atoms with E-state index in [4.69, 9.17) is 17.5 Å². The molecule has 0 fully saturated rings. The number of sulfone groups is 1. The van der Waals surface area contributed by atoms with Gasteiger partial charge in [0.15, 0.2) is 9.84 Å². The van der Waals surface area contributed by atoms with Gasteiger partial charge < -0.3 is 4.90 Å². The molecule has 0 saturated heterocycles. The predicted molar refractivity (Wildman–Crippen MR) is 127 cm³/mol. The number of terminal acetylenes is 1. The molecule has 0 unspecified atom stereocenters. The number of anilines is 1. The van der Waals surface area contributed by atoms with Crippen molar-refractivity contribution < 1.29 is 8.42 Å². The fraction of sp³-hybridized carbons (Fsp3) is 0.333. The van der Waals surface area contributed by atoms with Gasteiger partial charge in [-0.25, -0.2) is 8.42 Å². The van der Waals surface area contributed by atoms with Crippen molar-refractivity contribution in [3.63, 3.8) is 0 Å². The number of azide groups is 2. The van der Waals surface area contributed by atoms with E-state index in [-0.39, 0.29) is 23.7 Å². The average molecular weight is 466 g/mol. The molecule has 0 bridgehead atoms. The molecule has 0 saturated carbocycles. The van der Waals surface area contributed by atoms with E-state index in [1.165, 1.54) is 12.1 Å². The van der Waals surface area contributed by atoms with Crippen molar-refractivity contribution in [2.75, 3.05) is 36.8 Å². The van der Waals surface area contributed by atoms with Crippen LogP contribution in [0.2, 0.25) is 0 Å². The molecule has 2 rings (SSSR count). The van der Waals surface area contributed by atoms with Crippen LogP contribution in [0.15, 0.2) is 73.9 Å². The highest BCUT2D eigenvalue weighted by atomic mass is 32.2.